The van der Waals surface area contributed by atoms with Crippen LogP contribution in [0.5, 0.6) is 0 Å². The minimum absolute atomic E-state index is 0.434. The number of nitrogens with one attached hydrogen (secondary N) is 2. The first-order chi connectivity index (χ1) is 12.5. The highest BCUT2D eigenvalue weighted by molar-refractivity contribution is 7.98. The molecular weight excluding hydrogens is 345 g/mol. The van der Waals surface area contributed by atoms with Crippen LogP contribution in [0.4, 0.5) is 0 Å². The van der Waals surface area contributed by atoms with Gasteiger partial charge in [0, 0.05) is 33.2 Å². The smallest absolute Gasteiger partial charge is 0.321 e. The molecule has 138 valence electrons. The molecule has 0 amide bonds. The summed E-state index contributed by atoms with van der Waals surface area (Å²) in [5.41, 5.74) is 4.58. The summed E-state index contributed by atoms with van der Waals surface area (Å²) in [5, 5.41) is 11.5. The van der Waals surface area contributed by atoms with Gasteiger partial charge in [0.05, 0.1) is 0 Å². The molecule has 2 aromatic rings. The summed E-state index contributed by atoms with van der Waals surface area (Å²) in [5.74, 6) is 7.43. The summed E-state index contributed by atoms with van der Waals surface area (Å²) in [6.07, 6.45) is 8.72. The van der Waals surface area contributed by atoms with E-state index in [2.05, 4.69) is 32.6 Å². The maximum absolute atomic E-state index is 12.3. The Kier molecular flexibility index (Phi) is 4.71. The number of aromatic nitrogens is 2. The fraction of sp³-hybridized carbons (Fsp3) is 0.474. The van der Waals surface area contributed by atoms with Crippen molar-refractivity contribution < 1.29 is 9.23 Å². The number of allylic oxidation sites excluding steroid dienone is 1. The second-order valence-electron chi connectivity index (χ2n) is 7.69. The van der Waals surface area contributed by atoms with Gasteiger partial charge in [0.15, 0.2) is 0 Å². The lowest BCUT2D eigenvalue weighted by Gasteiger charge is -2.33. The number of hydrogen-bond donors (Lipinski definition) is 3. The van der Waals surface area contributed by atoms with Crippen LogP contribution >= 0.6 is 0 Å². The van der Waals surface area contributed by atoms with E-state index in [0.717, 1.165) is 42.3 Å². The van der Waals surface area contributed by atoms with Crippen LogP contribution in [0.1, 0.15) is 36.8 Å². The van der Waals surface area contributed by atoms with Gasteiger partial charge in [0.25, 0.3) is 0 Å². The number of aromatic amines is 1. The van der Waals surface area contributed by atoms with Crippen molar-refractivity contribution in [3.05, 3.63) is 35.6 Å². The summed E-state index contributed by atoms with van der Waals surface area (Å²) >= 11 is 0. The number of H-pyrrole nitrogens is 1. The van der Waals surface area contributed by atoms with Gasteiger partial charge >= 0.3 is 6.92 Å². The first-order valence-corrected chi connectivity index (χ1v) is 11.2. The van der Waals surface area contributed by atoms with Crippen molar-refractivity contribution in [3.63, 3.8) is 0 Å². The first kappa shape index (κ1) is 17.8. The topological polar surface area (TPSA) is 78.0 Å². The van der Waals surface area contributed by atoms with Gasteiger partial charge in [-0.05, 0) is 79.5 Å². The Balaban J connectivity index is 1.58. The second kappa shape index (κ2) is 6.87. The zero-order valence-corrected chi connectivity index (χ0v) is 16.0. The molecule has 1 saturated carbocycles. The van der Waals surface area contributed by atoms with Gasteiger partial charge in [0.1, 0.15) is 5.65 Å². The molecule has 7 heteroatoms. The van der Waals surface area contributed by atoms with Crippen LogP contribution < -0.4 is 4.72 Å². The number of fused-ring (bicyclic) bond motifs is 3. The molecule has 1 aliphatic carbocycles. The molecule has 0 radical (unpaired) electrons. The van der Waals surface area contributed by atoms with Crippen LogP contribution in [0.2, 0.25) is 0 Å². The van der Waals surface area contributed by atoms with Crippen molar-refractivity contribution in [3.8, 4) is 0 Å². The van der Waals surface area contributed by atoms with E-state index in [9.17, 15) is 9.23 Å². The predicted octanol–water partition coefficient (Wildman–Crippen LogP) is 2.22. The van der Waals surface area contributed by atoms with Crippen LogP contribution in [-0.4, -0.2) is 44.8 Å². The SMILES string of the molecule is C=S(=O)(CC1CCC(C2=CB(O)Cc3cnc4[nH]ccc4c32)CC1)NC. The average molecular weight is 371 g/mol. The molecule has 0 spiro atoms. The van der Waals surface area contributed by atoms with E-state index in [1.54, 1.807) is 7.05 Å². The van der Waals surface area contributed by atoms with Crippen LogP contribution in [0.25, 0.3) is 16.6 Å². The molecule has 1 unspecified atom stereocenters. The summed E-state index contributed by atoms with van der Waals surface area (Å²) in [6, 6.07) is 2.09. The molecule has 3 N–H and O–H groups in total. The van der Waals surface area contributed by atoms with Gasteiger partial charge in [-0.3, -0.25) is 4.21 Å². The minimum Gasteiger partial charge on any atom is -0.446 e. The van der Waals surface area contributed by atoms with Crippen molar-refractivity contribution in [2.24, 2.45) is 11.8 Å². The Morgan fingerprint density at radius 3 is 2.92 bits per heavy atom. The zero-order chi connectivity index (χ0) is 18.3. The fourth-order valence-corrected chi connectivity index (χ4v) is 5.83. The standard InChI is InChI=1S/C19H26BN3O2S/c1-21-26(2,25)12-13-3-5-14(6-4-13)17-10-20(24)9-15-11-23-19-16(18(15)17)7-8-22-19/h7-8,10-11,13-14,24H,2-6,9,12H2,1H3,(H,21,25)(H,22,23). The van der Waals surface area contributed by atoms with Gasteiger partial charge < -0.3 is 10.0 Å². The summed E-state index contributed by atoms with van der Waals surface area (Å²) < 4.78 is 15.1. The van der Waals surface area contributed by atoms with Crippen molar-refractivity contribution in [1.82, 2.24) is 14.7 Å². The van der Waals surface area contributed by atoms with Crippen molar-refractivity contribution in [2.45, 2.75) is 32.0 Å². The largest absolute Gasteiger partial charge is 0.446 e. The molecule has 0 saturated heterocycles. The van der Waals surface area contributed by atoms with Crippen LogP contribution in [0.15, 0.2) is 24.4 Å². The maximum atomic E-state index is 12.3. The second-order valence-corrected chi connectivity index (χ2v) is 10.1. The lowest BCUT2D eigenvalue weighted by molar-refractivity contribution is 0.339. The molecule has 0 bridgehead atoms. The third-order valence-electron chi connectivity index (χ3n) is 5.92. The van der Waals surface area contributed by atoms with E-state index in [-0.39, 0.29) is 0 Å². The van der Waals surface area contributed by atoms with Crippen LogP contribution in [-0.2, 0) is 16.0 Å². The Bertz CT molecular complexity index is 943. The highest BCUT2D eigenvalue weighted by Gasteiger charge is 2.31. The molecule has 1 aliphatic heterocycles. The summed E-state index contributed by atoms with van der Waals surface area (Å²) in [4.78, 5) is 7.69. The monoisotopic (exact) mass is 371 g/mol. The quantitative estimate of drug-likeness (QED) is 0.570. The van der Waals surface area contributed by atoms with E-state index in [1.807, 2.05) is 12.4 Å². The maximum Gasteiger partial charge on any atom is 0.321 e. The molecule has 26 heavy (non-hydrogen) atoms. The molecule has 3 heterocycles. The Hall–Kier alpha value is -1.57. The number of nitrogens with zero attached hydrogens (tertiary/aromatic N) is 1. The highest BCUT2D eigenvalue weighted by Crippen LogP contribution is 2.42. The normalized spacial score (nSPS) is 25.6. The van der Waals surface area contributed by atoms with Gasteiger partial charge in [-0.1, -0.05) is 5.98 Å². The summed E-state index contributed by atoms with van der Waals surface area (Å²) in [7, 11) is -0.433. The van der Waals surface area contributed by atoms with Gasteiger partial charge in [-0.2, -0.15) is 0 Å². The van der Waals surface area contributed by atoms with Crippen molar-refractivity contribution in [2.75, 3.05) is 12.8 Å². The van der Waals surface area contributed by atoms with E-state index >= 15 is 0 Å². The molecule has 5 nitrogen and oxygen atoms in total. The van der Waals surface area contributed by atoms with E-state index < -0.39 is 16.6 Å². The zero-order valence-electron chi connectivity index (χ0n) is 15.2. The van der Waals surface area contributed by atoms with Crippen LogP contribution in [0.3, 0.4) is 0 Å². The Morgan fingerprint density at radius 1 is 1.42 bits per heavy atom. The van der Waals surface area contributed by atoms with Crippen molar-refractivity contribution in [1.29, 1.82) is 0 Å². The van der Waals surface area contributed by atoms with Crippen LogP contribution in [0, 0.1) is 11.8 Å². The van der Waals surface area contributed by atoms with E-state index in [0.29, 0.717) is 23.9 Å². The lowest BCUT2D eigenvalue weighted by atomic mass is 9.56. The molecular formula is C19H26BN3O2S. The number of hydrogen-bond acceptors (Lipinski definition) is 3. The lowest BCUT2D eigenvalue weighted by Crippen LogP contribution is -2.30. The van der Waals surface area contributed by atoms with E-state index in [4.69, 9.17) is 0 Å². The fourth-order valence-electron chi connectivity index (χ4n) is 4.56. The third kappa shape index (κ3) is 3.35. The average Bonchev–Trinajstić information content (AvgIpc) is 3.10. The highest BCUT2D eigenvalue weighted by atomic mass is 32.2. The Morgan fingerprint density at radius 2 is 2.19 bits per heavy atom. The third-order valence-corrected chi connectivity index (χ3v) is 7.67. The minimum atomic E-state index is -2.16. The Labute approximate surface area is 155 Å². The van der Waals surface area contributed by atoms with E-state index in [1.165, 1.54) is 11.1 Å². The van der Waals surface area contributed by atoms with Gasteiger partial charge in [-0.15, -0.1) is 0 Å². The van der Waals surface area contributed by atoms with Crippen molar-refractivity contribution >= 4 is 39.1 Å². The van der Waals surface area contributed by atoms with Gasteiger partial charge in [0.2, 0.25) is 0 Å². The number of pyridine rings is 1. The first-order valence-electron chi connectivity index (χ1n) is 9.35. The number of rotatable bonds is 4. The molecule has 2 aromatic heterocycles. The summed E-state index contributed by atoms with van der Waals surface area (Å²) in [6.45, 7) is -0.434. The molecule has 2 aliphatic rings. The van der Waals surface area contributed by atoms with Gasteiger partial charge in [-0.25, -0.2) is 9.71 Å². The molecule has 1 atom stereocenters. The molecule has 4 rings (SSSR count). The molecule has 0 aromatic carbocycles. The predicted molar refractivity (Wildman–Crippen MR) is 110 cm³/mol. The molecule has 1 fully saturated rings.